The Bertz CT molecular complexity index is 788. The molecule has 26 heavy (non-hydrogen) atoms. The highest BCUT2D eigenvalue weighted by Crippen LogP contribution is 2.39. The van der Waals surface area contributed by atoms with Crippen LogP contribution in [-0.2, 0) is 6.54 Å². The normalized spacial score (nSPS) is 25.4. The van der Waals surface area contributed by atoms with Gasteiger partial charge in [-0.25, -0.2) is 0 Å². The summed E-state index contributed by atoms with van der Waals surface area (Å²) < 4.78 is 0. The first-order chi connectivity index (χ1) is 12.7. The molecule has 0 aliphatic carbocycles. The van der Waals surface area contributed by atoms with Gasteiger partial charge in [-0.15, -0.1) is 6.42 Å². The lowest BCUT2D eigenvalue weighted by Crippen LogP contribution is -2.52. The van der Waals surface area contributed by atoms with Crippen LogP contribution in [0, 0.1) is 18.3 Å². The van der Waals surface area contributed by atoms with E-state index in [4.69, 9.17) is 6.42 Å². The molecule has 0 N–H and O–H groups in total. The zero-order chi connectivity index (χ0) is 17.9. The number of benzene rings is 2. The largest absolute Gasteiger partial charge is 0.294 e. The molecular formula is C24H25NO. The van der Waals surface area contributed by atoms with Crippen molar-refractivity contribution in [1.29, 1.82) is 0 Å². The van der Waals surface area contributed by atoms with E-state index in [2.05, 4.69) is 41.2 Å². The van der Waals surface area contributed by atoms with Crippen molar-refractivity contribution in [2.75, 3.05) is 0 Å². The van der Waals surface area contributed by atoms with E-state index in [1.54, 1.807) is 0 Å². The van der Waals surface area contributed by atoms with Crippen LogP contribution in [0.4, 0.5) is 0 Å². The lowest BCUT2D eigenvalue weighted by Gasteiger charge is -2.48. The Balaban J connectivity index is 1.48. The summed E-state index contributed by atoms with van der Waals surface area (Å²) in [5, 5.41) is 0. The third-order valence-corrected chi connectivity index (χ3v) is 6.04. The number of carbonyl (C=O) groups is 1. The van der Waals surface area contributed by atoms with Gasteiger partial charge in [-0.1, -0.05) is 54.8 Å². The van der Waals surface area contributed by atoms with E-state index in [9.17, 15) is 4.79 Å². The maximum atomic E-state index is 13.0. The molecule has 2 aromatic carbocycles. The van der Waals surface area contributed by atoms with E-state index < -0.39 is 0 Å². The Hall–Kier alpha value is -2.37. The molecule has 2 bridgehead atoms. The Morgan fingerprint density at radius 3 is 2.27 bits per heavy atom. The molecule has 2 saturated heterocycles. The number of fused-ring (bicyclic) bond motifs is 2. The van der Waals surface area contributed by atoms with Crippen molar-refractivity contribution in [1.82, 2.24) is 4.90 Å². The van der Waals surface area contributed by atoms with Gasteiger partial charge in [-0.3, -0.25) is 9.69 Å². The van der Waals surface area contributed by atoms with Crippen molar-refractivity contribution in [3.8, 4) is 12.3 Å². The van der Waals surface area contributed by atoms with Crippen LogP contribution in [-0.4, -0.2) is 22.8 Å². The molecule has 2 heteroatoms. The fourth-order valence-electron chi connectivity index (χ4n) is 4.71. The van der Waals surface area contributed by atoms with Crippen molar-refractivity contribution < 1.29 is 4.79 Å². The summed E-state index contributed by atoms with van der Waals surface area (Å²) in [6, 6.07) is 19.3. The molecule has 2 atom stereocenters. The smallest absolute Gasteiger partial charge is 0.166 e. The molecule has 2 aliphatic heterocycles. The molecule has 0 spiro atoms. The van der Waals surface area contributed by atoms with Crippen LogP contribution >= 0.6 is 0 Å². The molecule has 2 aromatic rings. The quantitative estimate of drug-likeness (QED) is 0.593. The molecule has 0 radical (unpaired) electrons. The summed E-state index contributed by atoms with van der Waals surface area (Å²) in [6.45, 7) is 1.01. The summed E-state index contributed by atoms with van der Waals surface area (Å²) in [4.78, 5) is 15.7. The third-order valence-electron chi connectivity index (χ3n) is 6.04. The van der Waals surface area contributed by atoms with Crippen molar-refractivity contribution in [2.45, 2.75) is 50.7 Å². The first kappa shape index (κ1) is 17.1. The van der Waals surface area contributed by atoms with Gasteiger partial charge in [0, 0.05) is 35.7 Å². The van der Waals surface area contributed by atoms with Gasteiger partial charge in [0.25, 0.3) is 0 Å². The lowest BCUT2D eigenvalue weighted by atomic mass is 9.75. The monoisotopic (exact) mass is 343 g/mol. The van der Waals surface area contributed by atoms with Crippen LogP contribution in [0.1, 0.15) is 53.6 Å². The minimum Gasteiger partial charge on any atom is -0.294 e. The minimum atomic E-state index is 0.147. The highest BCUT2D eigenvalue weighted by atomic mass is 16.1. The predicted octanol–water partition coefficient (Wildman–Crippen LogP) is 4.68. The first-order valence-corrected chi connectivity index (χ1v) is 9.65. The van der Waals surface area contributed by atoms with Crippen molar-refractivity contribution in [3.05, 3.63) is 71.3 Å². The topological polar surface area (TPSA) is 20.3 Å². The Morgan fingerprint density at radius 2 is 1.65 bits per heavy atom. The Morgan fingerprint density at radius 1 is 1.00 bits per heavy atom. The Kier molecular flexibility index (Phi) is 4.91. The fourth-order valence-corrected chi connectivity index (χ4v) is 4.71. The van der Waals surface area contributed by atoms with Crippen molar-refractivity contribution in [2.24, 2.45) is 5.92 Å². The van der Waals surface area contributed by atoms with E-state index in [1.807, 2.05) is 24.3 Å². The van der Waals surface area contributed by atoms with Gasteiger partial charge in [-0.2, -0.15) is 0 Å². The number of hydrogen-bond acceptors (Lipinski definition) is 2. The Labute approximate surface area is 156 Å². The zero-order valence-corrected chi connectivity index (χ0v) is 15.1. The molecule has 2 aliphatic rings. The average molecular weight is 343 g/mol. The number of hydrogen-bond donors (Lipinski definition) is 0. The van der Waals surface area contributed by atoms with Gasteiger partial charge < -0.3 is 0 Å². The van der Waals surface area contributed by atoms with Gasteiger partial charge in [0.1, 0.15) is 0 Å². The third kappa shape index (κ3) is 3.45. The molecule has 2 unspecified atom stereocenters. The predicted molar refractivity (Wildman–Crippen MR) is 105 cm³/mol. The summed E-state index contributed by atoms with van der Waals surface area (Å²) >= 11 is 0. The van der Waals surface area contributed by atoms with Crippen LogP contribution in [0.15, 0.2) is 54.6 Å². The number of terminal acetylenes is 1. The van der Waals surface area contributed by atoms with Crippen LogP contribution in [0.2, 0.25) is 0 Å². The first-order valence-electron chi connectivity index (χ1n) is 9.65. The fraction of sp³-hybridized carbons (Fsp3) is 0.375. The highest BCUT2D eigenvalue weighted by molar-refractivity contribution is 5.98. The highest BCUT2D eigenvalue weighted by Gasteiger charge is 2.40. The van der Waals surface area contributed by atoms with E-state index in [-0.39, 0.29) is 5.92 Å². The summed E-state index contributed by atoms with van der Waals surface area (Å²) in [6.07, 6.45) is 11.1. The minimum absolute atomic E-state index is 0.147. The van der Waals surface area contributed by atoms with Crippen molar-refractivity contribution >= 4 is 5.78 Å². The second kappa shape index (κ2) is 7.48. The summed E-state index contributed by atoms with van der Waals surface area (Å²) in [5.74, 6) is 3.06. The van der Waals surface area contributed by atoms with Crippen LogP contribution < -0.4 is 0 Å². The van der Waals surface area contributed by atoms with Gasteiger partial charge >= 0.3 is 0 Å². The maximum absolute atomic E-state index is 13.0. The van der Waals surface area contributed by atoms with Gasteiger partial charge in [-0.05, 0) is 43.4 Å². The molecule has 0 saturated carbocycles. The van der Waals surface area contributed by atoms with E-state index >= 15 is 0 Å². The molecule has 0 aromatic heterocycles. The second-order valence-corrected chi connectivity index (χ2v) is 7.65. The number of Topliss-reactive ketones (excluding diaryl/α,β-unsaturated/α-hetero) is 1. The van der Waals surface area contributed by atoms with E-state index in [0.29, 0.717) is 17.9 Å². The van der Waals surface area contributed by atoms with E-state index in [1.165, 1.54) is 24.8 Å². The number of rotatable bonds is 4. The van der Waals surface area contributed by atoms with Crippen LogP contribution in [0.5, 0.6) is 0 Å². The molecular weight excluding hydrogens is 318 g/mol. The van der Waals surface area contributed by atoms with Gasteiger partial charge in [0.15, 0.2) is 5.78 Å². The SMILES string of the molecule is C#Cc1ccc(C(=O)C2CC3CCCC(C2)N3Cc2ccccc2)cc1. The van der Waals surface area contributed by atoms with Crippen LogP contribution in [0.25, 0.3) is 0 Å². The van der Waals surface area contributed by atoms with Crippen LogP contribution in [0.3, 0.4) is 0 Å². The zero-order valence-electron chi connectivity index (χ0n) is 15.1. The number of carbonyl (C=O) groups excluding carboxylic acids is 1. The number of nitrogens with zero attached hydrogens (tertiary/aromatic N) is 1. The molecule has 2 heterocycles. The van der Waals surface area contributed by atoms with Crippen molar-refractivity contribution in [3.63, 3.8) is 0 Å². The summed E-state index contributed by atoms with van der Waals surface area (Å²) in [7, 11) is 0. The van der Waals surface area contributed by atoms with Gasteiger partial charge in [0.2, 0.25) is 0 Å². The molecule has 2 nitrogen and oxygen atoms in total. The molecule has 0 amide bonds. The maximum Gasteiger partial charge on any atom is 0.166 e. The molecule has 132 valence electrons. The number of ketones is 1. The standard InChI is InChI=1S/C24H25NO/c1-2-18-11-13-20(14-12-18)24(26)21-15-22-9-6-10-23(16-21)25(22)17-19-7-4-3-5-8-19/h1,3-5,7-8,11-14,21-23H,6,9-10,15-17H2. The van der Waals surface area contributed by atoms with Gasteiger partial charge in [0.05, 0.1) is 0 Å². The molecule has 4 rings (SSSR count). The van der Waals surface area contributed by atoms with E-state index in [0.717, 1.165) is 30.5 Å². The second-order valence-electron chi connectivity index (χ2n) is 7.65. The molecule has 2 fully saturated rings. The lowest BCUT2D eigenvalue weighted by molar-refractivity contribution is 0.00906. The number of piperidine rings is 2. The summed E-state index contributed by atoms with van der Waals surface area (Å²) in [5.41, 5.74) is 3.01. The average Bonchev–Trinajstić information content (AvgIpc) is 2.68.